The summed E-state index contributed by atoms with van der Waals surface area (Å²) in [6.07, 6.45) is -4.29. The highest BCUT2D eigenvalue weighted by Gasteiger charge is 2.29. The van der Waals surface area contributed by atoms with E-state index in [-0.39, 0.29) is 0 Å². The van der Waals surface area contributed by atoms with Crippen molar-refractivity contribution in [2.75, 3.05) is 0 Å². The number of aromatic amines is 1. The first-order valence-electron chi connectivity index (χ1n) is 6.79. The lowest BCUT2D eigenvalue weighted by Crippen LogP contribution is -2.03. The van der Waals surface area contributed by atoms with E-state index in [1.807, 2.05) is 44.2 Å². The van der Waals surface area contributed by atoms with E-state index in [0.717, 1.165) is 34.3 Å². The summed E-state index contributed by atoms with van der Waals surface area (Å²) in [5.41, 5.74) is 1.89. The zero-order valence-corrected chi connectivity index (χ0v) is 11.8. The van der Waals surface area contributed by atoms with Gasteiger partial charge in [-0.2, -0.15) is 13.2 Å². The Morgan fingerprint density at radius 1 is 0.857 bits per heavy atom. The van der Waals surface area contributed by atoms with Crippen LogP contribution in [0.2, 0.25) is 0 Å². The van der Waals surface area contributed by atoms with Gasteiger partial charge in [0.25, 0.3) is 0 Å². The molecule has 2 aromatic carbocycles. The molecule has 21 heavy (non-hydrogen) atoms. The van der Waals surface area contributed by atoms with Gasteiger partial charge in [0.1, 0.15) is 0 Å². The average molecular weight is 291 g/mol. The Morgan fingerprint density at radius 3 is 2.05 bits per heavy atom. The molecule has 3 aromatic rings. The zero-order chi connectivity index (χ0) is 15.5. The first-order chi connectivity index (χ1) is 10.0. The normalized spacial score (nSPS) is 11.1. The van der Waals surface area contributed by atoms with E-state index in [9.17, 15) is 13.2 Å². The summed E-state index contributed by atoms with van der Waals surface area (Å²) in [5.74, 6) is 0. The molecule has 0 atom stereocenters. The Bertz CT molecular complexity index is 676. The highest BCUT2D eigenvalue weighted by Crippen LogP contribution is 2.31. The van der Waals surface area contributed by atoms with Crippen LogP contribution in [-0.2, 0) is 6.18 Å². The summed E-state index contributed by atoms with van der Waals surface area (Å²) in [4.78, 5) is 3.19. The van der Waals surface area contributed by atoms with Crippen LogP contribution in [0.4, 0.5) is 13.2 Å². The van der Waals surface area contributed by atoms with Gasteiger partial charge in [-0.15, -0.1) is 0 Å². The molecule has 4 heteroatoms. The third-order valence-electron chi connectivity index (χ3n) is 3.05. The molecule has 1 nitrogen and oxygen atoms in total. The molecule has 110 valence electrons. The van der Waals surface area contributed by atoms with Gasteiger partial charge in [0.05, 0.1) is 5.56 Å². The number of H-pyrrole nitrogens is 1. The largest absolute Gasteiger partial charge is 0.416 e. The maximum Gasteiger partial charge on any atom is 0.416 e. The van der Waals surface area contributed by atoms with E-state index >= 15 is 0 Å². The number of aromatic nitrogens is 1. The Morgan fingerprint density at radius 2 is 1.48 bits per heavy atom. The highest BCUT2D eigenvalue weighted by molar-refractivity contribution is 5.85. The number of para-hydroxylation sites is 1. The van der Waals surface area contributed by atoms with Crippen LogP contribution in [0.1, 0.15) is 19.4 Å². The minimum atomic E-state index is -4.29. The van der Waals surface area contributed by atoms with Gasteiger partial charge in [0.2, 0.25) is 0 Å². The van der Waals surface area contributed by atoms with Gasteiger partial charge >= 0.3 is 6.18 Å². The maximum atomic E-state index is 12.5. The van der Waals surface area contributed by atoms with Gasteiger partial charge in [0.15, 0.2) is 0 Å². The van der Waals surface area contributed by atoms with E-state index < -0.39 is 11.7 Å². The van der Waals surface area contributed by atoms with Crippen molar-refractivity contribution in [2.24, 2.45) is 0 Å². The molecule has 0 unspecified atom stereocenters. The van der Waals surface area contributed by atoms with E-state index in [1.54, 1.807) is 0 Å². The Hall–Kier alpha value is -2.23. The molecule has 0 amide bonds. The molecular formula is C17H16F3N. The zero-order valence-electron chi connectivity index (χ0n) is 11.8. The molecule has 1 heterocycles. The smallest absolute Gasteiger partial charge is 0.355 e. The molecule has 0 aliphatic heterocycles. The monoisotopic (exact) mass is 291 g/mol. The number of benzene rings is 2. The van der Waals surface area contributed by atoms with Crippen LogP contribution < -0.4 is 0 Å². The van der Waals surface area contributed by atoms with Crippen LogP contribution in [0.25, 0.3) is 22.2 Å². The fourth-order valence-electron chi connectivity index (χ4n) is 2.07. The molecule has 3 rings (SSSR count). The van der Waals surface area contributed by atoms with Gasteiger partial charge < -0.3 is 4.98 Å². The number of nitrogens with one attached hydrogen (secondary N) is 1. The summed E-state index contributed by atoms with van der Waals surface area (Å²) in [6, 6.07) is 14.8. The van der Waals surface area contributed by atoms with Crippen molar-refractivity contribution in [3.05, 3.63) is 60.2 Å². The van der Waals surface area contributed by atoms with Crippen molar-refractivity contribution in [1.29, 1.82) is 0 Å². The molecule has 0 spiro atoms. The Balaban J connectivity index is 0.000000774. The standard InChI is InChI=1S/C15H10F3N.C2H6/c16-15(17,18)12-7-5-10(6-8-12)14-9-11-3-1-2-4-13(11)19-14;1-2/h1-9,19H;1-2H3. The van der Waals surface area contributed by atoms with Crippen molar-refractivity contribution >= 4 is 10.9 Å². The fraction of sp³-hybridized carbons (Fsp3) is 0.176. The first-order valence-corrected chi connectivity index (χ1v) is 6.79. The predicted molar refractivity (Wildman–Crippen MR) is 80.1 cm³/mol. The predicted octanol–water partition coefficient (Wildman–Crippen LogP) is 5.88. The third kappa shape index (κ3) is 3.27. The lowest BCUT2D eigenvalue weighted by molar-refractivity contribution is -0.137. The summed E-state index contributed by atoms with van der Waals surface area (Å²) < 4.78 is 37.4. The van der Waals surface area contributed by atoms with Crippen LogP contribution >= 0.6 is 0 Å². The van der Waals surface area contributed by atoms with Crippen LogP contribution in [-0.4, -0.2) is 4.98 Å². The van der Waals surface area contributed by atoms with E-state index in [0.29, 0.717) is 0 Å². The third-order valence-corrected chi connectivity index (χ3v) is 3.05. The Kier molecular flexibility index (Phi) is 4.36. The molecule has 0 aliphatic carbocycles. The molecule has 0 saturated carbocycles. The van der Waals surface area contributed by atoms with Gasteiger partial charge in [-0.25, -0.2) is 0 Å². The number of halogens is 3. The summed E-state index contributed by atoms with van der Waals surface area (Å²) in [5, 5.41) is 1.04. The van der Waals surface area contributed by atoms with Gasteiger partial charge in [-0.3, -0.25) is 0 Å². The summed E-state index contributed by atoms with van der Waals surface area (Å²) >= 11 is 0. The molecule has 0 bridgehead atoms. The Labute approximate surface area is 121 Å². The number of alkyl halides is 3. The lowest BCUT2D eigenvalue weighted by Gasteiger charge is -2.06. The van der Waals surface area contributed by atoms with E-state index in [4.69, 9.17) is 0 Å². The number of fused-ring (bicyclic) bond motifs is 1. The topological polar surface area (TPSA) is 15.8 Å². The summed E-state index contributed by atoms with van der Waals surface area (Å²) in [6.45, 7) is 4.00. The van der Waals surface area contributed by atoms with E-state index in [1.165, 1.54) is 12.1 Å². The maximum absolute atomic E-state index is 12.5. The minimum Gasteiger partial charge on any atom is -0.355 e. The van der Waals surface area contributed by atoms with E-state index in [2.05, 4.69) is 4.98 Å². The average Bonchev–Trinajstić information content (AvgIpc) is 2.92. The van der Waals surface area contributed by atoms with Crippen molar-refractivity contribution in [3.63, 3.8) is 0 Å². The molecular weight excluding hydrogens is 275 g/mol. The highest BCUT2D eigenvalue weighted by atomic mass is 19.4. The molecule has 0 fully saturated rings. The van der Waals surface area contributed by atoms with Gasteiger partial charge in [-0.1, -0.05) is 44.2 Å². The minimum absolute atomic E-state index is 0.632. The van der Waals surface area contributed by atoms with Crippen molar-refractivity contribution in [3.8, 4) is 11.3 Å². The molecule has 0 aliphatic rings. The second kappa shape index (κ2) is 6.04. The van der Waals surface area contributed by atoms with Crippen molar-refractivity contribution < 1.29 is 13.2 Å². The van der Waals surface area contributed by atoms with Crippen LogP contribution in [0.15, 0.2) is 54.6 Å². The van der Waals surface area contributed by atoms with Crippen LogP contribution in [0.5, 0.6) is 0 Å². The lowest BCUT2D eigenvalue weighted by atomic mass is 10.1. The first kappa shape index (κ1) is 15.2. The molecule has 1 N–H and O–H groups in total. The molecule has 0 radical (unpaired) electrons. The summed E-state index contributed by atoms with van der Waals surface area (Å²) in [7, 11) is 0. The number of hydrogen-bond donors (Lipinski definition) is 1. The second-order valence-corrected chi connectivity index (χ2v) is 4.35. The molecule has 0 saturated heterocycles. The van der Waals surface area contributed by atoms with Crippen molar-refractivity contribution in [1.82, 2.24) is 4.98 Å². The molecule has 1 aromatic heterocycles. The van der Waals surface area contributed by atoms with Gasteiger partial charge in [-0.05, 0) is 29.8 Å². The van der Waals surface area contributed by atoms with Crippen LogP contribution in [0.3, 0.4) is 0 Å². The number of hydrogen-bond acceptors (Lipinski definition) is 0. The second-order valence-electron chi connectivity index (χ2n) is 4.35. The van der Waals surface area contributed by atoms with Crippen LogP contribution in [0, 0.1) is 0 Å². The van der Waals surface area contributed by atoms with Gasteiger partial charge in [0, 0.05) is 16.6 Å². The fourth-order valence-corrected chi connectivity index (χ4v) is 2.07. The number of rotatable bonds is 1. The van der Waals surface area contributed by atoms with Crippen molar-refractivity contribution in [2.45, 2.75) is 20.0 Å². The quantitative estimate of drug-likeness (QED) is 0.576. The SMILES string of the molecule is CC.FC(F)(F)c1ccc(-c2cc3ccccc3[nH]2)cc1.